The third-order valence-electron chi connectivity index (χ3n) is 2.31. The first-order valence-electron chi connectivity index (χ1n) is 5.41. The minimum absolute atomic E-state index is 0.119. The predicted molar refractivity (Wildman–Crippen MR) is 79.0 cm³/mol. The molecule has 100 valence electrons. The molecule has 7 heteroatoms. The number of rotatable bonds is 4. The molecule has 1 amide bonds. The standard InChI is InChI=1S/C12H11Cl2N3OS/c1-17-5-4-15-12(17)19-7-11(18)16-8-2-3-9(13)10(14)6-8/h2-6H,7H2,1H3,(H,16,18). The van der Waals surface area contributed by atoms with Crippen LogP contribution in [0.15, 0.2) is 35.7 Å². The van der Waals surface area contributed by atoms with E-state index in [4.69, 9.17) is 23.2 Å². The topological polar surface area (TPSA) is 46.9 Å². The fourth-order valence-electron chi connectivity index (χ4n) is 1.39. The molecule has 0 saturated carbocycles. The zero-order valence-electron chi connectivity index (χ0n) is 10.1. The summed E-state index contributed by atoms with van der Waals surface area (Å²) in [6.07, 6.45) is 3.53. The molecule has 0 radical (unpaired) electrons. The van der Waals surface area contributed by atoms with Gasteiger partial charge in [0.15, 0.2) is 5.16 Å². The van der Waals surface area contributed by atoms with Gasteiger partial charge in [-0.25, -0.2) is 4.98 Å². The summed E-state index contributed by atoms with van der Waals surface area (Å²) < 4.78 is 1.86. The van der Waals surface area contributed by atoms with E-state index in [1.165, 1.54) is 11.8 Å². The van der Waals surface area contributed by atoms with Crippen LogP contribution in [0.25, 0.3) is 0 Å². The lowest BCUT2D eigenvalue weighted by molar-refractivity contribution is -0.113. The Balaban J connectivity index is 1.91. The first-order valence-corrected chi connectivity index (χ1v) is 7.15. The summed E-state index contributed by atoms with van der Waals surface area (Å²) >= 11 is 13.0. The third kappa shape index (κ3) is 3.89. The van der Waals surface area contributed by atoms with Crippen molar-refractivity contribution in [3.05, 3.63) is 40.6 Å². The molecule has 0 aliphatic heterocycles. The van der Waals surface area contributed by atoms with Gasteiger partial charge in [0.25, 0.3) is 0 Å². The molecule has 1 N–H and O–H groups in total. The maximum absolute atomic E-state index is 11.8. The Hall–Kier alpha value is -1.17. The van der Waals surface area contributed by atoms with Crippen molar-refractivity contribution in [3.8, 4) is 0 Å². The molecule has 0 aliphatic rings. The Kier molecular flexibility index (Phi) is 4.74. The lowest BCUT2D eigenvalue weighted by atomic mass is 10.3. The van der Waals surface area contributed by atoms with Crippen molar-refractivity contribution in [2.24, 2.45) is 7.05 Å². The summed E-state index contributed by atoms with van der Waals surface area (Å²) in [6.45, 7) is 0. The van der Waals surface area contributed by atoms with Crippen LogP contribution in [0.2, 0.25) is 10.0 Å². The van der Waals surface area contributed by atoms with E-state index in [2.05, 4.69) is 10.3 Å². The molecule has 0 spiro atoms. The van der Waals surface area contributed by atoms with E-state index >= 15 is 0 Å². The van der Waals surface area contributed by atoms with E-state index in [0.717, 1.165) is 5.16 Å². The molecule has 0 fully saturated rings. The number of aryl methyl sites for hydroxylation is 1. The van der Waals surface area contributed by atoms with Crippen LogP contribution >= 0.6 is 35.0 Å². The predicted octanol–water partition coefficient (Wildman–Crippen LogP) is 3.46. The third-order valence-corrected chi connectivity index (χ3v) is 4.11. The number of carbonyl (C=O) groups excluding carboxylic acids is 1. The summed E-state index contributed by atoms with van der Waals surface area (Å²) in [5, 5.41) is 4.42. The second kappa shape index (κ2) is 6.32. The van der Waals surface area contributed by atoms with Crippen LogP contribution in [0.1, 0.15) is 0 Å². The highest BCUT2D eigenvalue weighted by molar-refractivity contribution is 7.99. The highest BCUT2D eigenvalue weighted by Gasteiger charge is 2.07. The molecule has 0 aliphatic carbocycles. The van der Waals surface area contributed by atoms with Gasteiger partial charge in [0.2, 0.25) is 5.91 Å². The van der Waals surface area contributed by atoms with E-state index < -0.39 is 0 Å². The van der Waals surface area contributed by atoms with E-state index in [1.807, 2.05) is 17.8 Å². The Morgan fingerprint density at radius 2 is 2.21 bits per heavy atom. The summed E-state index contributed by atoms with van der Waals surface area (Å²) in [4.78, 5) is 15.9. The Labute approximate surface area is 125 Å². The lowest BCUT2D eigenvalue weighted by Gasteiger charge is -2.06. The fraction of sp³-hybridized carbons (Fsp3) is 0.167. The quantitative estimate of drug-likeness (QED) is 0.879. The van der Waals surface area contributed by atoms with Gasteiger partial charge in [0.1, 0.15) is 0 Å². The summed E-state index contributed by atoms with van der Waals surface area (Å²) in [7, 11) is 1.88. The number of hydrogen-bond donors (Lipinski definition) is 1. The van der Waals surface area contributed by atoms with Crippen molar-refractivity contribution < 1.29 is 4.79 Å². The van der Waals surface area contributed by atoms with E-state index in [9.17, 15) is 4.79 Å². The van der Waals surface area contributed by atoms with Crippen molar-refractivity contribution in [2.75, 3.05) is 11.1 Å². The largest absolute Gasteiger partial charge is 0.329 e. The zero-order valence-corrected chi connectivity index (χ0v) is 12.4. The van der Waals surface area contributed by atoms with Crippen LogP contribution in [0, 0.1) is 0 Å². The van der Waals surface area contributed by atoms with E-state index in [1.54, 1.807) is 24.4 Å². The molecule has 0 saturated heterocycles. The number of amides is 1. The van der Waals surface area contributed by atoms with Gasteiger partial charge in [-0.1, -0.05) is 35.0 Å². The normalized spacial score (nSPS) is 10.5. The van der Waals surface area contributed by atoms with Crippen molar-refractivity contribution in [1.82, 2.24) is 9.55 Å². The number of nitrogens with zero attached hydrogens (tertiary/aromatic N) is 2. The molecule has 19 heavy (non-hydrogen) atoms. The van der Waals surface area contributed by atoms with Crippen LogP contribution in [-0.2, 0) is 11.8 Å². The van der Waals surface area contributed by atoms with E-state index in [0.29, 0.717) is 15.7 Å². The monoisotopic (exact) mass is 315 g/mol. The molecule has 0 unspecified atom stereocenters. The number of hydrogen-bond acceptors (Lipinski definition) is 3. The molecule has 2 rings (SSSR count). The highest BCUT2D eigenvalue weighted by Crippen LogP contribution is 2.25. The maximum atomic E-state index is 11.8. The SMILES string of the molecule is Cn1ccnc1SCC(=O)Nc1ccc(Cl)c(Cl)c1. The van der Waals surface area contributed by atoms with Crippen molar-refractivity contribution in [2.45, 2.75) is 5.16 Å². The van der Waals surface area contributed by atoms with Gasteiger partial charge in [0, 0.05) is 25.1 Å². The molecule has 2 aromatic rings. The number of nitrogens with one attached hydrogen (secondary N) is 1. The van der Waals surface area contributed by atoms with Crippen LogP contribution in [-0.4, -0.2) is 21.2 Å². The smallest absolute Gasteiger partial charge is 0.234 e. The number of benzene rings is 1. The minimum atomic E-state index is -0.119. The van der Waals surface area contributed by atoms with Gasteiger partial charge < -0.3 is 9.88 Å². The van der Waals surface area contributed by atoms with Gasteiger partial charge in [-0.3, -0.25) is 4.79 Å². The maximum Gasteiger partial charge on any atom is 0.234 e. The second-order valence-corrected chi connectivity index (χ2v) is 5.54. The minimum Gasteiger partial charge on any atom is -0.329 e. The number of halogens is 2. The average Bonchev–Trinajstić information content (AvgIpc) is 2.77. The molecular weight excluding hydrogens is 305 g/mol. The van der Waals surface area contributed by atoms with Crippen LogP contribution in [0.3, 0.4) is 0 Å². The zero-order chi connectivity index (χ0) is 13.8. The van der Waals surface area contributed by atoms with Crippen molar-refractivity contribution in [3.63, 3.8) is 0 Å². The number of thioether (sulfide) groups is 1. The van der Waals surface area contributed by atoms with Crippen molar-refractivity contribution >= 4 is 46.6 Å². The van der Waals surface area contributed by atoms with Crippen LogP contribution in [0.4, 0.5) is 5.69 Å². The van der Waals surface area contributed by atoms with Gasteiger partial charge in [-0.2, -0.15) is 0 Å². The summed E-state index contributed by atoms with van der Waals surface area (Å²) in [5.74, 6) is 0.164. The summed E-state index contributed by atoms with van der Waals surface area (Å²) in [5.41, 5.74) is 0.625. The number of anilines is 1. The van der Waals surface area contributed by atoms with Gasteiger partial charge in [-0.15, -0.1) is 0 Å². The van der Waals surface area contributed by atoms with Crippen molar-refractivity contribution in [1.29, 1.82) is 0 Å². The van der Waals surface area contributed by atoms with E-state index in [-0.39, 0.29) is 11.7 Å². The highest BCUT2D eigenvalue weighted by atomic mass is 35.5. The molecule has 1 aromatic carbocycles. The Morgan fingerprint density at radius 1 is 1.42 bits per heavy atom. The molecule has 1 heterocycles. The Bertz CT molecular complexity index is 600. The number of carbonyl (C=O) groups is 1. The summed E-state index contributed by atoms with van der Waals surface area (Å²) in [6, 6.07) is 4.97. The fourth-order valence-corrected chi connectivity index (χ4v) is 2.42. The molecule has 0 bridgehead atoms. The number of imidazole rings is 1. The molecule has 0 atom stereocenters. The lowest BCUT2D eigenvalue weighted by Crippen LogP contribution is -2.14. The van der Waals surface area contributed by atoms with Gasteiger partial charge in [0.05, 0.1) is 15.8 Å². The van der Waals surface area contributed by atoms with Crippen LogP contribution in [0.5, 0.6) is 0 Å². The average molecular weight is 316 g/mol. The molecule has 4 nitrogen and oxygen atoms in total. The first-order chi connectivity index (χ1) is 9.06. The second-order valence-electron chi connectivity index (χ2n) is 3.79. The van der Waals surface area contributed by atoms with Gasteiger partial charge in [-0.05, 0) is 18.2 Å². The first kappa shape index (κ1) is 14.2. The molecular formula is C12H11Cl2N3OS. The van der Waals surface area contributed by atoms with Crippen LogP contribution < -0.4 is 5.32 Å². The Morgan fingerprint density at radius 3 is 2.84 bits per heavy atom. The molecule has 1 aromatic heterocycles. The van der Waals surface area contributed by atoms with Gasteiger partial charge >= 0.3 is 0 Å². The number of aromatic nitrogens is 2.